The van der Waals surface area contributed by atoms with Gasteiger partial charge in [0, 0.05) is 42.0 Å². The van der Waals surface area contributed by atoms with Gasteiger partial charge >= 0.3 is 0 Å². The van der Waals surface area contributed by atoms with Crippen LogP contribution in [-0.2, 0) is 20.9 Å². The van der Waals surface area contributed by atoms with Gasteiger partial charge in [0.2, 0.25) is 5.91 Å². The summed E-state index contributed by atoms with van der Waals surface area (Å²) in [4.78, 5) is 25.9. The van der Waals surface area contributed by atoms with E-state index in [1.165, 1.54) is 11.3 Å². The standard InChI is InChI=1S/C26H30N4O5S/c31-20-2-1-3-21(20)34-14-22-27-10-17(11-28-22)18-6-7-19-24(23(18)35-13-15-8-9-33-12-15)36-26(29-19)30-25(32)16-4-5-16/h6-7,10-11,15-16,20-21,31H,1-5,8-9,12-14H2,(H,29,30,32)/t15-,20-,21-/m0/s1. The second kappa shape index (κ2) is 10.4. The summed E-state index contributed by atoms with van der Waals surface area (Å²) in [5.74, 6) is 1.80. The summed E-state index contributed by atoms with van der Waals surface area (Å²) in [7, 11) is 0. The SMILES string of the molecule is O=C(Nc1nc2ccc(-c3cnc(CO[C@H]4CCC[C@@H]4O)nc3)c(OC[C@H]3CCOC3)c2s1)C1CC1. The molecule has 3 aliphatic rings. The van der Waals surface area contributed by atoms with Crippen molar-refractivity contribution >= 4 is 32.6 Å². The van der Waals surface area contributed by atoms with Crippen LogP contribution in [0.5, 0.6) is 5.75 Å². The minimum absolute atomic E-state index is 0.0381. The van der Waals surface area contributed by atoms with E-state index in [-0.39, 0.29) is 24.5 Å². The van der Waals surface area contributed by atoms with Gasteiger partial charge in [-0.3, -0.25) is 4.79 Å². The van der Waals surface area contributed by atoms with Crippen molar-refractivity contribution < 1.29 is 24.1 Å². The molecule has 36 heavy (non-hydrogen) atoms. The maximum Gasteiger partial charge on any atom is 0.229 e. The zero-order valence-electron chi connectivity index (χ0n) is 20.0. The molecule has 2 aliphatic carbocycles. The van der Waals surface area contributed by atoms with Crippen LogP contribution in [0.2, 0.25) is 0 Å². The topological polar surface area (TPSA) is 116 Å². The Morgan fingerprint density at radius 1 is 1.17 bits per heavy atom. The molecule has 3 heterocycles. The van der Waals surface area contributed by atoms with Gasteiger partial charge in [0.15, 0.2) is 11.0 Å². The molecule has 0 spiro atoms. The summed E-state index contributed by atoms with van der Waals surface area (Å²) < 4.78 is 18.6. The predicted octanol–water partition coefficient (Wildman–Crippen LogP) is 3.95. The van der Waals surface area contributed by atoms with E-state index in [0.717, 1.165) is 72.2 Å². The van der Waals surface area contributed by atoms with Crippen LogP contribution in [0.4, 0.5) is 5.13 Å². The van der Waals surface area contributed by atoms with Gasteiger partial charge in [0.25, 0.3) is 0 Å². The summed E-state index contributed by atoms with van der Waals surface area (Å²) in [6, 6.07) is 3.91. The lowest BCUT2D eigenvalue weighted by Crippen LogP contribution is -2.22. The Kier molecular flexibility index (Phi) is 6.83. The first-order valence-corrected chi connectivity index (χ1v) is 13.5. The summed E-state index contributed by atoms with van der Waals surface area (Å²) in [5.41, 5.74) is 2.49. The lowest BCUT2D eigenvalue weighted by atomic mass is 10.1. The molecule has 0 radical (unpaired) electrons. The molecule has 1 saturated heterocycles. The number of nitrogens with one attached hydrogen (secondary N) is 1. The van der Waals surface area contributed by atoms with Crippen LogP contribution < -0.4 is 10.1 Å². The van der Waals surface area contributed by atoms with Crippen LogP contribution in [0.15, 0.2) is 24.5 Å². The van der Waals surface area contributed by atoms with Crippen molar-refractivity contribution in [1.29, 1.82) is 0 Å². The van der Waals surface area contributed by atoms with Crippen LogP contribution in [-0.4, -0.2) is 58.0 Å². The number of aliphatic hydroxyl groups is 1. The van der Waals surface area contributed by atoms with Crippen molar-refractivity contribution in [2.24, 2.45) is 11.8 Å². The average Bonchev–Trinajstić information content (AvgIpc) is 3.24. The third-order valence-corrected chi connectivity index (χ3v) is 8.02. The van der Waals surface area contributed by atoms with Crippen LogP contribution in [0.25, 0.3) is 21.3 Å². The number of anilines is 1. The molecule has 9 nitrogen and oxygen atoms in total. The number of rotatable bonds is 9. The maximum atomic E-state index is 12.3. The van der Waals surface area contributed by atoms with E-state index in [2.05, 4.69) is 20.3 Å². The van der Waals surface area contributed by atoms with Crippen LogP contribution in [0.1, 0.15) is 44.3 Å². The minimum atomic E-state index is -0.403. The van der Waals surface area contributed by atoms with E-state index in [1.807, 2.05) is 12.1 Å². The average molecular weight is 511 g/mol. The monoisotopic (exact) mass is 510 g/mol. The van der Waals surface area contributed by atoms with Crippen LogP contribution in [0, 0.1) is 11.8 Å². The Hall–Kier alpha value is -2.66. The number of nitrogens with zero attached hydrogens (tertiary/aromatic N) is 3. The smallest absolute Gasteiger partial charge is 0.229 e. The fourth-order valence-corrected chi connectivity index (χ4v) is 5.68. The third-order valence-electron chi connectivity index (χ3n) is 7.04. The molecule has 3 atom stereocenters. The van der Waals surface area contributed by atoms with Crippen molar-refractivity contribution in [1.82, 2.24) is 15.0 Å². The highest BCUT2D eigenvalue weighted by molar-refractivity contribution is 7.22. The molecule has 3 aromatic rings. The van der Waals surface area contributed by atoms with E-state index in [9.17, 15) is 9.90 Å². The second-order valence-corrected chi connectivity index (χ2v) is 10.8. The second-order valence-electron chi connectivity index (χ2n) is 9.85. The zero-order chi connectivity index (χ0) is 24.5. The van der Waals surface area contributed by atoms with Crippen molar-refractivity contribution in [3.8, 4) is 16.9 Å². The van der Waals surface area contributed by atoms with Gasteiger partial charge in [-0.1, -0.05) is 11.3 Å². The molecule has 1 aliphatic heterocycles. The Labute approximate surface area is 213 Å². The Morgan fingerprint density at radius 2 is 2.03 bits per heavy atom. The largest absolute Gasteiger partial charge is 0.491 e. The van der Waals surface area contributed by atoms with Gasteiger partial charge in [-0.25, -0.2) is 15.0 Å². The first kappa shape index (κ1) is 23.7. The number of benzene rings is 1. The summed E-state index contributed by atoms with van der Waals surface area (Å²) in [6.45, 7) is 2.28. The number of amides is 1. The molecular formula is C26H30N4O5S. The Balaban J connectivity index is 1.25. The molecule has 2 saturated carbocycles. The minimum Gasteiger partial charge on any atom is -0.491 e. The Bertz CT molecular complexity index is 1220. The number of hydrogen-bond acceptors (Lipinski definition) is 9. The molecule has 1 amide bonds. The number of hydrogen-bond donors (Lipinski definition) is 2. The van der Waals surface area contributed by atoms with Crippen molar-refractivity contribution in [3.05, 3.63) is 30.4 Å². The molecule has 6 rings (SSSR count). The van der Waals surface area contributed by atoms with Gasteiger partial charge in [0.1, 0.15) is 12.4 Å². The fourth-order valence-electron chi connectivity index (χ4n) is 4.71. The highest BCUT2D eigenvalue weighted by Crippen LogP contribution is 2.42. The molecule has 190 valence electrons. The molecular weight excluding hydrogens is 480 g/mol. The van der Waals surface area contributed by atoms with Gasteiger partial charge in [0.05, 0.1) is 35.6 Å². The lowest BCUT2D eigenvalue weighted by molar-refractivity contribution is -0.117. The molecule has 2 N–H and O–H groups in total. The Morgan fingerprint density at radius 3 is 2.75 bits per heavy atom. The predicted molar refractivity (Wildman–Crippen MR) is 135 cm³/mol. The maximum absolute atomic E-state index is 12.3. The highest BCUT2D eigenvalue weighted by atomic mass is 32.1. The fraction of sp³-hybridized carbons (Fsp3) is 0.538. The number of carbonyl (C=O) groups is 1. The highest BCUT2D eigenvalue weighted by Gasteiger charge is 2.30. The number of ether oxygens (including phenoxy) is 3. The summed E-state index contributed by atoms with van der Waals surface area (Å²) >= 11 is 1.43. The third kappa shape index (κ3) is 5.22. The van der Waals surface area contributed by atoms with Crippen LogP contribution >= 0.6 is 11.3 Å². The molecule has 2 aromatic heterocycles. The van der Waals surface area contributed by atoms with Crippen molar-refractivity contribution in [2.45, 2.75) is 57.3 Å². The van der Waals surface area contributed by atoms with E-state index in [1.54, 1.807) is 12.4 Å². The zero-order valence-corrected chi connectivity index (χ0v) is 20.8. The quantitative estimate of drug-likeness (QED) is 0.445. The number of thiazole rings is 1. The summed E-state index contributed by atoms with van der Waals surface area (Å²) in [6.07, 6.45) is 8.51. The first-order chi connectivity index (χ1) is 17.6. The van der Waals surface area contributed by atoms with Crippen molar-refractivity contribution in [2.75, 3.05) is 25.1 Å². The first-order valence-electron chi connectivity index (χ1n) is 12.7. The summed E-state index contributed by atoms with van der Waals surface area (Å²) in [5, 5.41) is 13.5. The molecule has 3 fully saturated rings. The van der Waals surface area contributed by atoms with Gasteiger partial charge in [-0.05, 0) is 50.7 Å². The molecule has 0 bridgehead atoms. The van der Waals surface area contributed by atoms with E-state index < -0.39 is 6.10 Å². The molecule has 1 aromatic carbocycles. The van der Waals surface area contributed by atoms with Gasteiger partial charge < -0.3 is 24.6 Å². The van der Waals surface area contributed by atoms with Gasteiger partial charge in [-0.15, -0.1) is 0 Å². The molecule has 0 unspecified atom stereocenters. The van der Waals surface area contributed by atoms with E-state index >= 15 is 0 Å². The number of aliphatic hydroxyl groups excluding tert-OH is 1. The van der Waals surface area contributed by atoms with Gasteiger partial charge in [-0.2, -0.15) is 0 Å². The van der Waals surface area contributed by atoms with Crippen LogP contribution in [0.3, 0.4) is 0 Å². The normalized spacial score (nSPS) is 23.9. The molecule has 10 heteroatoms. The number of carbonyl (C=O) groups excluding carboxylic acids is 1. The number of fused-ring (bicyclic) bond motifs is 1. The van der Waals surface area contributed by atoms with E-state index in [0.29, 0.717) is 30.1 Å². The van der Waals surface area contributed by atoms with E-state index in [4.69, 9.17) is 14.2 Å². The van der Waals surface area contributed by atoms with Crippen molar-refractivity contribution in [3.63, 3.8) is 0 Å². The number of aromatic nitrogens is 3. The lowest BCUT2D eigenvalue weighted by Gasteiger charge is -2.16.